The first kappa shape index (κ1) is 24.7. The molecule has 0 aliphatic rings. The fourth-order valence-electron chi connectivity index (χ4n) is 1.21. The van der Waals surface area contributed by atoms with Crippen LogP contribution in [0.5, 0.6) is 0 Å². The SMILES string of the molecule is Cc1cc(C)cc(N(C)C)c1.Cl.[Cl-].[Cl-].[Zn+2]. The monoisotopic (exact) mass is 319 g/mol. The Morgan fingerprint density at radius 3 is 1.47 bits per heavy atom. The van der Waals surface area contributed by atoms with Crippen LogP contribution in [0, 0.1) is 13.8 Å². The van der Waals surface area contributed by atoms with Gasteiger partial charge in [-0.3, -0.25) is 0 Å². The van der Waals surface area contributed by atoms with Crippen LogP contribution < -0.4 is 29.7 Å². The number of hydrogen-bond acceptors (Lipinski definition) is 1. The van der Waals surface area contributed by atoms with Crippen molar-refractivity contribution in [2.75, 3.05) is 19.0 Å². The second-order valence-corrected chi connectivity index (χ2v) is 3.24. The van der Waals surface area contributed by atoms with Crippen LogP contribution in [-0.4, -0.2) is 14.1 Å². The molecule has 0 amide bonds. The van der Waals surface area contributed by atoms with Crippen molar-refractivity contribution in [2.24, 2.45) is 0 Å². The molecule has 0 aliphatic carbocycles. The molecule has 1 aromatic rings. The number of benzene rings is 1. The molecule has 0 N–H and O–H groups in total. The van der Waals surface area contributed by atoms with E-state index in [1.54, 1.807) is 0 Å². The summed E-state index contributed by atoms with van der Waals surface area (Å²) in [6.07, 6.45) is 0. The second kappa shape index (κ2) is 11.0. The Bertz CT molecular complexity index is 247. The zero-order valence-electron chi connectivity index (χ0n) is 9.55. The van der Waals surface area contributed by atoms with Crippen molar-refractivity contribution < 1.29 is 44.3 Å². The van der Waals surface area contributed by atoms with E-state index in [9.17, 15) is 0 Å². The molecule has 1 rings (SSSR count). The second-order valence-electron chi connectivity index (χ2n) is 3.24. The van der Waals surface area contributed by atoms with Crippen LogP contribution in [0.15, 0.2) is 18.2 Å². The Morgan fingerprint density at radius 2 is 1.20 bits per heavy atom. The summed E-state index contributed by atoms with van der Waals surface area (Å²) >= 11 is 0. The smallest absolute Gasteiger partial charge is 1.00 e. The Labute approximate surface area is 124 Å². The van der Waals surface area contributed by atoms with E-state index in [0.717, 1.165) is 0 Å². The molecule has 1 nitrogen and oxygen atoms in total. The van der Waals surface area contributed by atoms with E-state index in [-0.39, 0.29) is 56.7 Å². The van der Waals surface area contributed by atoms with Crippen molar-refractivity contribution in [3.8, 4) is 0 Å². The maximum absolute atomic E-state index is 2.19. The van der Waals surface area contributed by atoms with Crippen LogP contribution in [0.1, 0.15) is 11.1 Å². The van der Waals surface area contributed by atoms with Crippen molar-refractivity contribution in [1.82, 2.24) is 0 Å². The molecule has 15 heavy (non-hydrogen) atoms. The quantitative estimate of drug-likeness (QED) is 0.493. The normalized spacial score (nSPS) is 7.20. The number of anilines is 1. The van der Waals surface area contributed by atoms with E-state index in [2.05, 4.69) is 51.0 Å². The summed E-state index contributed by atoms with van der Waals surface area (Å²) in [4.78, 5) is 2.12. The largest absolute Gasteiger partial charge is 2.00 e. The summed E-state index contributed by atoms with van der Waals surface area (Å²) in [7, 11) is 4.13. The average molecular weight is 322 g/mol. The molecule has 5 heteroatoms. The number of aryl methyl sites for hydroxylation is 2. The van der Waals surface area contributed by atoms with Crippen molar-refractivity contribution in [1.29, 1.82) is 0 Å². The fourth-order valence-corrected chi connectivity index (χ4v) is 1.21. The van der Waals surface area contributed by atoms with Gasteiger partial charge in [0.25, 0.3) is 0 Å². The summed E-state index contributed by atoms with van der Waals surface area (Å²) in [5.74, 6) is 0. The third-order valence-electron chi connectivity index (χ3n) is 1.72. The maximum Gasteiger partial charge on any atom is 2.00 e. The molecule has 84 valence electrons. The summed E-state index contributed by atoms with van der Waals surface area (Å²) in [5.41, 5.74) is 3.94. The van der Waals surface area contributed by atoms with Gasteiger partial charge in [-0.05, 0) is 37.1 Å². The fraction of sp³-hybridized carbons (Fsp3) is 0.400. The average Bonchev–Trinajstić information content (AvgIpc) is 1.85. The van der Waals surface area contributed by atoms with Crippen LogP contribution in [0.4, 0.5) is 5.69 Å². The van der Waals surface area contributed by atoms with Crippen molar-refractivity contribution in [3.05, 3.63) is 29.3 Å². The standard InChI is InChI=1S/C10H15N.3ClH.Zn/c1-8-5-9(2)7-10(6-8)11(3)4;;;;/h5-7H,1-4H3;3*1H;/q;;;;+2/p-2. The van der Waals surface area contributed by atoms with Gasteiger partial charge in [0, 0.05) is 19.8 Å². The van der Waals surface area contributed by atoms with E-state index in [0.29, 0.717) is 0 Å². The van der Waals surface area contributed by atoms with Crippen LogP contribution in [0.2, 0.25) is 0 Å². The molecule has 0 heterocycles. The van der Waals surface area contributed by atoms with E-state index >= 15 is 0 Å². The molecule has 0 aromatic heterocycles. The minimum atomic E-state index is 0. The molecule has 0 aliphatic heterocycles. The van der Waals surface area contributed by atoms with Crippen molar-refractivity contribution in [3.63, 3.8) is 0 Å². The van der Waals surface area contributed by atoms with Crippen molar-refractivity contribution >= 4 is 18.1 Å². The minimum Gasteiger partial charge on any atom is -1.00 e. The molecule has 0 saturated heterocycles. The summed E-state index contributed by atoms with van der Waals surface area (Å²) in [6.45, 7) is 4.25. The number of hydrogen-bond donors (Lipinski definition) is 0. The van der Waals surface area contributed by atoms with Gasteiger partial charge < -0.3 is 29.7 Å². The Morgan fingerprint density at radius 1 is 0.867 bits per heavy atom. The van der Waals surface area contributed by atoms with Gasteiger partial charge >= 0.3 is 19.5 Å². The minimum absolute atomic E-state index is 0. The molecule has 0 radical (unpaired) electrons. The molecule has 0 bridgehead atoms. The van der Waals surface area contributed by atoms with Crippen LogP contribution in [0.3, 0.4) is 0 Å². The molecular formula is C10H16Cl3NZn. The van der Waals surface area contributed by atoms with Gasteiger partial charge in [-0.2, -0.15) is 0 Å². The summed E-state index contributed by atoms with van der Waals surface area (Å²) < 4.78 is 0. The first-order valence-electron chi connectivity index (χ1n) is 3.85. The number of halogens is 3. The topological polar surface area (TPSA) is 3.24 Å². The summed E-state index contributed by atoms with van der Waals surface area (Å²) in [6, 6.07) is 6.56. The van der Waals surface area contributed by atoms with Gasteiger partial charge in [0.1, 0.15) is 0 Å². The molecule has 1 aromatic carbocycles. The third-order valence-corrected chi connectivity index (χ3v) is 1.72. The molecular weight excluding hydrogens is 306 g/mol. The van der Waals surface area contributed by atoms with E-state index < -0.39 is 0 Å². The predicted octanol–water partition coefficient (Wildman–Crippen LogP) is -3.20. The van der Waals surface area contributed by atoms with Crippen LogP contribution in [-0.2, 0) is 19.5 Å². The van der Waals surface area contributed by atoms with E-state index in [1.807, 2.05) is 0 Å². The number of nitrogens with zero attached hydrogens (tertiary/aromatic N) is 1. The Kier molecular flexibility index (Phi) is 18.1. The third kappa shape index (κ3) is 8.33. The molecule has 0 fully saturated rings. The zero-order chi connectivity index (χ0) is 8.43. The first-order valence-corrected chi connectivity index (χ1v) is 3.85. The zero-order valence-corrected chi connectivity index (χ0v) is 14.8. The van der Waals surface area contributed by atoms with Gasteiger partial charge in [0.05, 0.1) is 0 Å². The first-order chi connectivity index (χ1) is 5.09. The van der Waals surface area contributed by atoms with E-state index in [4.69, 9.17) is 0 Å². The Hall–Kier alpha value is 0.513. The van der Waals surface area contributed by atoms with Gasteiger partial charge in [-0.15, -0.1) is 12.4 Å². The molecule has 0 saturated carbocycles. The van der Waals surface area contributed by atoms with Gasteiger partial charge in [-0.1, -0.05) is 6.07 Å². The van der Waals surface area contributed by atoms with E-state index in [1.165, 1.54) is 16.8 Å². The molecule has 0 atom stereocenters. The van der Waals surface area contributed by atoms with Crippen molar-refractivity contribution in [2.45, 2.75) is 13.8 Å². The summed E-state index contributed by atoms with van der Waals surface area (Å²) in [5, 5.41) is 0. The van der Waals surface area contributed by atoms with Gasteiger partial charge in [0.15, 0.2) is 0 Å². The predicted molar refractivity (Wildman–Crippen MR) is 57.5 cm³/mol. The molecule has 0 unspecified atom stereocenters. The van der Waals surface area contributed by atoms with Crippen LogP contribution >= 0.6 is 12.4 Å². The molecule has 0 spiro atoms. The maximum atomic E-state index is 2.19. The van der Waals surface area contributed by atoms with Gasteiger partial charge in [0.2, 0.25) is 0 Å². The van der Waals surface area contributed by atoms with Crippen LogP contribution in [0.25, 0.3) is 0 Å². The Balaban J connectivity index is -0.000000151. The number of rotatable bonds is 1. The van der Waals surface area contributed by atoms with Gasteiger partial charge in [-0.25, -0.2) is 0 Å².